The third-order valence-electron chi connectivity index (χ3n) is 3.51. The van der Waals surface area contributed by atoms with Crippen LogP contribution in [-0.4, -0.2) is 45.6 Å². The molecule has 2 aliphatic rings. The van der Waals surface area contributed by atoms with Gasteiger partial charge in [-0.2, -0.15) is 0 Å². The number of hydrogen-bond donors (Lipinski definition) is 1. The van der Waals surface area contributed by atoms with Crippen LogP contribution in [0.4, 0.5) is 0 Å². The zero-order valence-corrected chi connectivity index (χ0v) is 12.1. The number of ether oxygens (including phenoxy) is 1. The van der Waals surface area contributed by atoms with E-state index >= 15 is 0 Å². The van der Waals surface area contributed by atoms with Crippen LogP contribution in [0, 0.1) is 0 Å². The van der Waals surface area contributed by atoms with Gasteiger partial charge in [0.1, 0.15) is 6.61 Å². The Hall–Kier alpha value is -1.47. The highest BCUT2D eigenvalue weighted by molar-refractivity contribution is 9.10. The summed E-state index contributed by atoms with van der Waals surface area (Å²) >= 11 is 3.32. The van der Waals surface area contributed by atoms with E-state index in [1.165, 1.54) is 0 Å². The Morgan fingerprint density at radius 1 is 1.45 bits per heavy atom. The van der Waals surface area contributed by atoms with E-state index in [4.69, 9.17) is 4.74 Å². The van der Waals surface area contributed by atoms with E-state index in [0.717, 1.165) is 17.3 Å². The molecule has 6 nitrogen and oxygen atoms in total. The van der Waals surface area contributed by atoms with Gasteiger partial charge in [0.05, 0.1) is 6.04 Å². The van der Waals surface area contributed by atoms with Crippen molar-refractivity contribution in [2.24, 2.45) is 0 Å². The summed E-state index contributed by atoms with van der Waals surface area (Å²) in [5.74, 6) is -1.22. The molecule has 0 bridgehead atoms. The van der Waals surface area contributed by atoms with Crippen LogP contribution in [0.1, 0.15) is 24.4 Å². The minimum Gasteiger partial charge on any atom is -0.479 e. The first-order valence-corrected chi connectivity index (χ1v) is 7.13. The molecule has 106 valence electrons. The van der Waals surface area contributed by atoms with Crippen molar-refractivity contribution < 1.29 is 19.4 Å². The summed E-state index contributed by atoms with van der Waals surface area (Å²) in [6, 6.07) is 1.29. The molecule has 1 aliphatic heterocycles. The molecule has 7 heteroatoms. The van der Waals surface area contributed by atoms with Crippen LogP contribution in [0.3, 0.4) is 0 Å². The third-order valence-corrected chi connectivity index (χ3v) is 3.95. The molecule has 0 radical (unpaired) electrons. The molecule has 1 amide bonds. The minimum atomic E-state index is -1.06. The molecule has 0 aromatic carbocycles. The number of carboxylic acids is 1. The van der Waals surface area contributed by atoms with Gasteiger partial charge in [-0.3, -0.25) is 9.78 Å². The lowest BCUT2D eigenvalue weighted by molar-refractivity contribution is -0.174. The quantitative estimate of drug-likeness (QED) is 0.898. The molecule has 2 atom stereocenters. The SMILES string of the molecule is O=C(O)C1OCC(=O)N(C2CC2)C1c1cncc(Br)c1. The molecule has 1 aromatic heterocycles. The van der Waals surface area contributed by atoms with Gasteiger partial charge in [0, 0.05) is 22.9 Å². The Morgan fingerprint density at radius 2 is 2.20 bits per heavy atom. The van der Waals surface area contributed by atoms with E-state index in [0.29, 0.717) is 5.56 Å². The Bertz CT molecular complexity index is 561. The molecule has 2 unspecified atom stereocenters. The van der Waals surface area contributed by atoms with E-state index in [9.17, 15) is 14.7 Å². The highest BCUT2D eigenvalue weighted by atomic mass is 79.9. The summed E-state index contributed by atoms with van der Waals surface area (Å²) in [4.78, 5) is 29.2. The van der Waals surface area contributed by atoms with Gasteiger partial charge in [-0.05, 0) is 40.4 Å². The van der Waals surface area contributed by atoms with Crippen molar-refractivity contribution in [1.29, 1.82) is 0 Å². The zero-order chi connectivity index (χ0) is 14.3. The molecular formula is C13H13BrN2O4. The van der Waals surface area contributed by atoms with Gasteiger partial charge in [-0.1, -0.05) is 0 Å². The molecule has 1 saturated heterocycles. The first kappa shape index (κ1) is 13.5. The summed E-state index contributed by atoms with van der Waals surface area (Å²) < 4.78 is 5.98. The molecule has 1 saturated carbocycles. The van der Waals surface area contributed by atoms with Gasteiger partial charge in [0.2, 0.25) is 5.91 Å². The van der Waals surface area contributed by atoms with Crippen LogP contribution >= 0.6 is 15.9 Å². The van der Waals surface area contributed by atoms with Crippen LogP contribution in [0.15, 0.2) is 22.9 Å². The predicted molar refractivity (Wildman–Crippen MR) is 71.9 cm³/mol. The smallest absolute Gasteiger partial charge is 0.335 e. The van der Waals surface area contributed by atoms with Crippen molar-refractivity contribution in [2.75, 3.05) is 6.61 Å². The lowest BCUT2D eigenvalue weighted by atomic mass is 9.99. The van der Waals surface area contributed by atoms with Crippen molar-refractivity contribution in [3.05, 3.63) is 28.5 Å². The van der Waals surface area contributed by atoms with E-state index in [1.807, 2.05) is 0 Å². The Morgan fingerprint density at radius 3 is 2.80 bits per heavy atom. The Balaban J connectivity index is 2.02. The zero-order valence-electron chi connectivity index (χ0n) is 10.5. The van der Waals surface area contributed by atoms with Crippen molar-refractivity contribution in [2.45, 2.75) is 31.0 Å². The average Bonchev–Trinajstić information content (AvgIpc) is 3.22. The molecule has 3 rings (SSSR count). The molecule has 1 aromatic rings. The number of aliphatic carboxylic acids is 1. The van der Waals surface area contributed by atoms with Gasteiger partial charge >= 0.3 is 5.97 Å². The van der Waals surface area contributed by atoms with Crippen molar-refractivity contribution >= 4 is 27.8 Å². The molecule has 2 heterocycles. The second-order valence-corrected chi connectivity index (χ2v) is 5.90. The molecule has 1 aliphatic carbocycles. The topological polar surface area (TPSA) is 79.7 Å². The van der Waals surface area contributed by atoms with Crippen molar-refractivity contribution in [1.82, 2.24) is 9.88 Å². The highest BCUT2D eigenvalue weighted by Gasteiger charge is 2.47. The van der Waals surface area contributed by atoms with Crippen molar-refractivity contribution in [3.8, 4) is 0 Å². The Kier molecular flexibility index (Phi) is 3.47. The van der Waals surface area contributed by atoms with Crippen LogP contribution in [0.5, 0.6) is 0 Å². The number of halogens is 1. The number of carbonyl (C=O) groups is 2. The van der Waals surface area contributed by atoms with E-state index in [2.05, 4.69) is 20.9 Å². The summed E-state index contributed by atoms with van der Waals surface area (Å²) in [6.45, 7) is -0.175. The fraction of sp³-hybridized carbons (Fsp3) is 0.462. The minimum absolute atomic E-state index is 0.122. The number of morpholine rings is 1. The van der Waals surface area contributed by atoms with Gasteiger partial charge < -0.3 is 14.7 Å². The van der Waals surface area contributed by atoms with Gasteiger partial charge in [-0.15, -0.1) is 0 Å². The largest absolute Gasteiger partial charge is 0.479 e. The highest BCUT2D eigenvalue weighted by Crippen LogP contribution is 2.39. The standard InChI is InChI=1S/C13H13BrN2O4/c14-8-3-7(4-15-5-8)11-12(13(18)19)20-6-10(17)16(11)9-1-2-9/h3-5,9,11-12H,1-2,6H2,(H,18,19). The first-order chi connectivity index (χ1) is 9.58. The van der Waals surface area contributed by atoms with Crippen LogP contribution in [0.25, 0.3) is 0 Å². The van der Waals surface area contributed by atoms with Crippen LogP contribution in [0.2, 0.25) is 0 Å². The maximum Gasteiger partial charge on any atom is 0.335 e. The number of amides is 1. The maximum atomic E-state index is 12.1. The lowest BCUT2D eigenvalue weighted by Crippen LogP contribution is -2.52. The fourth-order valence-electron chi connectivity index (χ4n) is 2.54. The van der Waals surface area contributed by atoms with E-state index in [1.54, 1.807) is 23.4 Å². The normalized spacial score (nSPS) is 26.6. The number of nitrogens with zero attached hydrogens (tertiary/aromatic N) is 2. The van der Waals surface area contributed by atoms with Gasteiger partial charge in [0.15, 0.2) is 6.10 Å². The average molecular weight is 341 g/mol. The second kappa shape index (κ2) is 5.14. The number of hydrogen-bond acceptors (Lipinski definition) is 4. The van der Waals surface area contributed by atoms with Crippen LogP contribution in [-0.2, 0) is 14.3 Å². The van der Waals surface area contributed by atoms with Crippen LogP contribution < -0.4 is 0 Å². The second-order valence-electron chi connectivity index (χ2n) is 4.98. The number of carbonyl (C=O) groups excluding carboxylic acids is 1. The van der Waals surface area contributed by atoms with Gasteiger partial charge in [0.25, 0.3) is 0 Å². The summed E-state index contributed by atoms with van der Waals surface area (Å²) in [6.07, 6.45) is 3.98. The first-order valence-electron chi connectivity index (χ1n) is 6.34. The lowest BCUT2D eigenvalue weighted by Gasteiger charge is -2.39. The number of rotatable bonds is 3. The van der Waals surface area contributed by atoms with E-state index in [-0.39, 0.29) is 18.6 Å². The number of carboxylic acid groups (broad SMARTS) is 1. The summed E-state index contributed by atoms with van der Waals surface area (Å²) in [5, 5.41) is 9.35. The molecular weight excluding hydrogens is 328 g/mol. The molecule has 20 heavy (non-hydrogen) atoms. The fourth-order valence-corrected chi connectivity index (χ4v) is 2.93. The third kappa shape index (κ3) is 2.43. The Labute approximate surface area is 123 Å². The predicted octanol–water partition coefficient (Wildman–Crippen LogP) is 1.36. The van der Waals surface area contributed by atoms with E-state index < -0.39 is 18.1 Å². The molecule has 1 N–H and O–H groups in total. The number of aromatic nitrogens is 1. The van der Waals surface area contributed by atoms with Gasteiger partial charge in [-0.25, -0.2) is 4.79 Å². The molecule has 2 fully saturated rings. The monoisotopic (exact) mass is 340 g/mol. The maximum absolute atomic E-state index is 12.1. The van der Waals surface area contributed by atoms with Crippen molar-refractivity contribution in [3.63, 3.8) is 0 Å². The number of pyridine rings is 1. The molecule has 0 spiro atoms. The summed E-state index contributed by atoms with van der Waals surface area (Å²) in [5.41, 5.74) is 0.673. The summed E-state index contributed by atoms with van der Waals surface area (Å²) in [7, 11) is 0.